The number of carbonyl (C=O) groups is 2. The minimum absolute atomic E-state index is 0.0685. The summed E-state index contributed by atoms with van der Waals surface area (Å²) in [7, 11) is 1.81. The number of thioether (sulfide) groups is 1. The molecule has 1 fully saturated rings. The van der Waals surface area contributed by atoms with Crippen molar-refractivity contribution in [3.63, 3.8) is 0 Å². The van der Waals surface area contributed by atoms with Crippen molar-refractivity contribution >= 4 is 29.3 Å². The zero-order valence-electron chi connectivity index (χ0n) is 17.0. The molecular weight excluding hydrogens is 417 g/mol. The molecule has 1 N–H and O–H groups in total. The van der Waals surface area contributed by atoms with Gasteiger partial charge in [0.15, 0.2) is 11.0 Å². The van der Waals surface area contributed by atoms with E-state index in [-0.39, 0.29) is 29.2 Å². The first-order valence-electron chi connectivity index (χ1n) is 9.89. The lowest BCUT2D eigenvalue weighted by molar-refractivity contribution is -0.128. The first-order valence-corrected chi connectivity index (χ1v) is 10.9. The van der Waals surface area contributed by atoms with Crippen LogP contribution < -0.4 is 5.32 Å². The maximum atomic E-state index is 13.7. The second-order valence-corrected chi connectivity index (χ2v) is 8.30. The molecule has 0 aliphatic carbocycles. The molecule has 2 heterocycles. The van der Waals surface area contributed by atoms with Gasteiger partial charge in [-0.1, -0.05) is 54.2 Å². The Bertz CT molecular complexity index is 1090. The monoisotopic (exact) mass is 439 g/mol. The Labute approximate surface area is 183 Å². The molecule has 2 aromatic carbocycles. The number of anilines is 1. The van der Waals surface area contributed by atoms with Gasteiger partial charge in [-0.25, -0.2) is 4.39 Å². The molecule has 0 spiro atoms. The van der Waals surface area contributed by atoms with Gasteiger partial charge in [0.1, 0.15) is 5.82 Å². The Kier molecular flexibility index (Phi) is 6.31. The predicted molar refractivity (Wildman–Crippen MR) is 116 cm³/mol. The molecule has 160 valence electrons. The predicted octanol–water partition coefficient (Wildman–Crippen LogP) is 3.20. The molecule has 31 heavy (non-hydrogen) atoms. The summed E-state index contributed by atoms with van der Waals surface area (Å²) < 4.78 is 15.4. The highest BCUT2D eigenvalue weighted by Gasteiger charge is 2.31. The van der Waals surface area contributed by atoms with E-state index in [2.05, 4.69) is 15.5 Å². The molecule has 1 aromatic heterocycles. The molecule has 0 radical (unpaired) electrons. The average molecular weight is 440 g/mol. The Hall–Kier alpha value is -3.20. The van der Waals surface area contributed by atoms with Crippen molar-refractivity contribution in [1.82, 2.24) is 19.7 Å². The number of benzene rings is 2. The fraction of sp³-hybridized carbons (Fsp3) is 0.273. The summed E-state index contributed by atoms with van der Waals surface area (Å²) in [6, 6.07) is 16.0. The summed E-state index contributed by atoms with van der Waals surface area (Å²) >= 11 is 1.21. The van der Waals surface area contributed by atoms with Crippen molar-refractivity contribution in [3.05, 3.63) is 71.8 Å². The van der Waals surface area contributed by atoms with E-state index in [0.717, 1.165) is 5.56 Å². The number of carbonyl (C=O) groups excluding carboxylic acids is 2. The molecule has 1 saturated heterocycles. The van der Waals surface area contributed by atoms with Crippen LogP contribution in [0.5, 0.6) is 0 Å². The molecule has 9 heteroatoms. The lowest BCUT2D eigenvalue weighted by atomic mass is 9.99. The fourth-order valence-corrected chi connectivity index (χ4v) is 4.26. The van der Waals surface area contributed by atoms with E-state index in [1.165, 1.54) is 23.9 Å². The molecular formula is C22H22FN5O2S. The molecule has 2 amide bonds. The van der Waals surface area contributed by atoms with Crippen LogP contribution in [-0.4, -0.2) is 43.8 Å². The largest absolute Gasteiger partial charge is 0.335 e. The number of amides is 2. The van der Waals surface area contributed by atoms with E-state index in [9.17, 15) is 14.0 Å². The Balaban J connectivity index is 1.33. The van der Waals surface area contributed by atoms with Crippen molar-refractivity contribution in [2.24, 2.45) is 7.05 Å². The highest BCUT2D eigenvalue weighted by Crippen LogP contribution is 2.29. The maximum absolute atomic E-state index is 13.7. The van der Waals surface area contributed by atoms with E-state index in [0.29, 0.717) is 30.5 Å². The van der Waals surface area contributed by atoms with Crippen molar-refractivity contribution in [3.8, 4) is 0 Å². The normalized spacial score (nSPS) is 16.0. The number of hydrogen-bond acceptors (Lipinski definition) is 5. The molecule has 4 rings (SSSR count). The Morgan fingerprint density at radius 2 is 1.90 bits per heavy atom. The summed E-state index contributed by atoms with van der Waals surface area (Å²) in [6.07, 6.45) is 0.486. The minimum Gasteiger partial charge on any atom is -0.335 e. The highest BCUT2D eigenvalue weighted by atomic mass is 32.2. The lowest BCUT2D eigenvalue weighted by Crippen LogP contribution is -2.26. The van der Waals surface area contributed by atoms with Crippen LogP contribution >= 0.6 is 11.8 Å². The summed E-state index contributed by atoms with van der Waals surface area (Å²) in [5.74, 6) is 0.178. The number of hydrogen-bond donors (Lipinski definition) is 1. The van der Waals surface area contributed by atoms with Gasteiger partial charge in [-0.2, -0.15) is 0 Å². The van der Waals surface area contributed by atoms with Crippen molar-refractivity contribution in [2.45, 2.75) is 24.0 Å². The van der Waals surface area contributed by atoms with E-state index in [1.807, 2.05) is 37.4 Å². The molecule has 1 atom stereocenters. The van der Waals surface area contributed by atoms with Gasteiger partial charge < -0.3 is 14.8 Å². The summed E-state index contributed by atoms with van der Waals surface area (Å²) in [5.41, 5.74) is 1.31. The second-order valence-electron chi connectivity index (χ2n) is 7.36. The summed E-state index contributed by atoms with van der Waals surface area (Å²) in [6.45, 7) is 1.01. The van der Waals surface area contributed by atoms with Crippen LogP contribution in [0.4, 0.5) is 10.1 Å². The van der Waals surface area contributed by atoms with Crippen LogP contribution in [0.1, 0.15) is 23.7 Å². The zero-order valence-corrected chi connectivity index (χ0v) is 17.8. The third kappa shape index (κ3) is 4.93. The van der Waals surface area contributed by atoms with Gasteiger partial charge in [0.25, 0.3) is 0 Å². The van der Waals surface area contributed by atoms with Crippen LogP contribution in [0.2, 0.25) is 0 Å². The Morgan fingerprint density at radius 1 is 1.16 bits per heavy atom. The van der Waals surface area contributed by atoms with Gasteiger partial charge >= 0.3 is 0 Å². The van der Waals surface area contributed by atoms with E-state index >= 15 is 0 Å². The maximum Gasteiger partial charge on any atom is 0.234 e. The third-order valence-corrected chi connectivity index (χ3v) is 6.24. The molecule has 0 unspecified atom stereocenters. The summed E-state index contributed by atoms with van der Waals surface area (Å²) in [5, 5.41) is 11.4. The number of likely N-dealkylation sites (tertiary alicyclic amines) is 1. The van der Waals surface area contributed by atoms with Gasteiger partial charge in [-0.15, -0.1) is 10.2 Å². The van der Waals surface area contributed by atoms with Crippen molar-refractivity contribution in [2.75, 3.05) is 17.6 Å². The highest BCUT2D eigenvalue weighted by molar-refractivity contribution is 7.99. The van der Waals surface area contributed by atoms with E-state index < -0.39 is 5.82 Å². The molecule has 1 aliphatic rings. The van der Waals surface area contributed by atoms with E-state index in [4.69, 9.17) is 0 Å². The zero-order chi connectivity index (χ0) is 21.8. The van der Waals surface area contributed by atoms with Crippen LogP contribution in [-0.2, 0) is 23.2 Å². The molecule has 7 nitrogen and oxygen atoms in total. The number of halogens is 1. The first kappa shape index (κ1) is 21.0. The third-order valence-electron chi connectivity index (χ3n) is 5.22. The molecule has 1 aliphatic heterocycles. The molecule has 0 bridgehead atoms. The van der Waals surface area contributed by atoms with Gasteiger partial charge in [0, 0.05) is 25.9 Å². The van der Waals surface area contributed by atoms with Crippen LogP contribution in [0.3, 0.4) is 0 Å². The van der Waals surface area contributed by atoms with Crippen molar-refractivity contribution < 1.29 is 14.0 Å². The second kappa shape index (κ2) is 9.30. The van der Waals surface area contributed by atoms with E-state index in [1.54, 1.807) is 21.6 Å². The van der Waals surface area contributed by atoms with Gasteiger partial charge in [-0.3, -0.25) is 9.59 Å². The molecule has 3 aromatic rings. The van der Waals surface area contributed by atoms with Gasteiger partial charge in [0.05, 0.1) is 18.0 Å². The first-order chi connectivity index (χ1) is 15.0. The van der Waals surface area contributed by atoms with Crippen LogP contribution in [0, 0.1) is 5.82 Å². The van der Waals surface area contributed by atoms with Crippen molar-refractivity contribution in [1.29, 1.82) is 0 Å². The number of rotatable bonds is 7. The standard InChI is InChI=1S/C22H22FN5O2S/c1-27-19(13-28-12-16(11-21(28)30)15-7-3-2-4-8-15)25-26-22(27)31-14-20(29)24-18-10-6-5-9-17(18)23/h2-10,16H,11-14H2,1H3,(H,24,29)/t16-/m1/s1. The number of aromatic nitrogens is 3. The minimum atomic E-state index is -0.481. The number of nitrogens with zero attached hydrogens (tertiary/aromatic N) is 4. The Morgan fingerprint density at radius 3 is 2.68 bits per heavy atom. The van der Waals surface area contributed by atoms with Gasteiger partial charge in [0.2, 0.25) is 11.8 Å². The van der Waals surface area contributed by atoms with Gasteiger partial charge in [-0.05, 0) is 17.7 Å². The fourth-order valence-electron chi connectivity index (χ4n) is 3.53. The summed E-state index contributed by atoms with van der Waals surface area (Å²) in [4.78, 5) is 26.4. The quantitative estimate of drug-likeness (QED) is 0.572. The topological polar surface area (TPSA) is 80.1 Å². The van der Waals surface area contributed by atoms with Crippen LogP contribution in [0.15, 0.2) is 59.8 Å². The number of para-hydroxylation sites is 1. The lowest BCUT2D eigenvalue weighted by Gasteiger charge is -2.16. The molecule has 0 saturated carbocycles. The average Bonchev–Trinajstić information content (AvgIpc) is 3.32. The number of nitrogens with one attached hydrogen (secondary N) is 1. The van der Waals surface area contributed by atoms with Crippen LogP contribution in [0.25, 0.3) is 0 Å². The SMILES string of the molecule is Cn1c(CN2C[C@H](c3ccccc3)CC2=O)nnc1SCC(=O)Nc1ccccc1F. The smallest absolute Gasteiger partial charge is 0.234 e.